The van der Waals surface area contributed by atoms with Gasteiger partial charge in [0.25, 0.3) is 0 Å². The first-order chi connectivity index (χ1) is 8.67. The molecule has 0 aliphatic heterocycles. The molecule has 1 aromatic heterocycles. The standard InChI is InChI=1S/C13H25N3O2/c1-5-11(17-6-2)13-15-12(18-16-13)8-7-9-14-10(3)4/h10-11,14H,5-9H2,1-4H3. The predicted molar refractivity (Wildman–Crippen MR) is 70.4 cm³/mol. The number of aryl methyl sites for hydroxylation is 1. The minimum Gasteiger partial charge on any atom is -0.370 e. The SMILES string of the molecule is CCOC(CC)c1noc(CCCNC(C)C)n1. The van der Waals surface area contributed by atoms with Crippen LogP contribution in [0.4, 0.5) is 0 Å². The van der Waals surface area contributed by atoms with Gasteiger partial charge in [-0.1, -0.05) is 25.9 Å². The van der Waals surface area contributed by atoms with Gasteiger partial charge in [0.2, 0.25) is 11.7 Å². The van der Waals surface area contributed by atoms with E-state index >= 15 is 0 Å². The molecule has 1 rings (SSSR count). The summed E-state index contributed by atoms with van der Waals surface area (Å²) in [7, 11) is 0. The summed E-state index contributed by atoms with van der Waals surface area (Å²) in [5.41, 5.74) is 0. The summed E-state index contributed by atoms with van der Waals surface area (Å²) in [5, 5.41) is 7.35. The van der Waals surface area contributed by atoms with Gasteiger partial charge >= 0.3 is 0 Å². The van der Waals surface area contributed by atoms with Gasteiger partial charge in [-0.15, -0.1) is 0 Å². The third-order valence-electron chi connectivity index (χ3n) is 2.63. The molecule has 0 spiro atoms. The van der Waals surface area contributed by atoms with Crippen LogP contribution in [0.2, 0.25) is 0 Å². The average Bonchev–Trinajstić information content (AvgIpc) is 2.80. The second-order valence-corrected chi connectivity index (χ2v) is 4.61. The molecule has 5 nitrogen and oxygen atoms in total. The first-order valence-electron chi connectivity index (χ1n) is 6.84. The number of nitrogens with one attached hydrogen (secondary N) is 1. The van der Waals surface area contributed by atoms with Gasteiger partial charge in [0.05, 0.1) is 0 Å². The molecule has 0 radical (unpaired) electrons. The van der Waals surface area contributed by atoms with Gasteiger partial charge in [-0.05, 0) is 26.3 Å². The van der Waals surface area contributed by atoms with Gasteiger partial charge in [0.15, 0.2) is 0 Å². The van der Waals surface area contributed by atoms with E-state index in [9.17, 15) is 0 Å². The monoisotopic (exact) mass is 255 g/mol. The third-order valence-corrected chi connectivity index (χ3v) is 2.63. The van der Waals surface area contributed by atoms with Crippen molar-refractivity contribution in [2.75, 3.05) is 13.2 Å². The second-order valence-electron chi connectivity index (χ2n) is 4.61. The number of hydrogen-bond donors (Lipinski definition) is 1. The van der Waals surface area contributed by atoms with Gasteiger partial charge in [-0.3, -0.25) is 0 Å². The molecule has 0 aromatic carbocycles. The van der Waals surface area contributed by atoms with Gasteiger partial charge in [0, 0.05) is 19.1 Å². The number of rotatable bonds is 9. The number of nitrogens with zero attached hydrogens (tertiary/aromatic N) is 2. The summed E-state index contributed by atoms with van der Waals surface area (Å²) in [6, 6.07) is 0.519. The molecule has 1 N–H and O–H groups in total. The van der Waals surface area contributed by atoms with Gasteiger partial charge in [-0.2, -0.15) is 4.98 Å². The van der Waals surface area contributed by atoms with Crippen molar-refractivity contribution in [3.8, 4) is 0 Å². The van der Waals surface area contributed by atoms with Gasteiger partial charge in [0.1, 0.15) is 6.10 Å². The molecule has 0 amide bonds. The Morgan fingerprint density at radius 1 is 1.33 bits per heavy atom. The highest BCUT2D eigenvalue weighted by molar-refractivity contribution is 4.91. The maximum atomic E-state index is 5.55. The first-order valence-corrected chi connectivity index (χ1v) is 6.84. The molecule has 5 heteroatoms. The van der Waals surface area contributed by atoms with Crippen LogP contribution in [0.5, 0.6) is 0 Å². The van der Waals surface area contributed by atoms with Gasteiger partial charge < -0.3 is 14.6 Å². The molecule has 18 heavy (non-hydrogen) atoms. The summed E-state index contributed by atoms with van der Waals surface area (Å²) in [6.45, 7) is 9.94. The predicted octanol–water partition coefficient (Wildman–Crippen LogP) is 2.49. The van der Waals surface area contributed by atoms with Crippen LogP contribution < -0.4 is 5.32 Å². The summed E-state index contributed by atoms with van der Waals surface area (Å²) in [5.74, 6) is 1.37. The van der Waals surface area contributed by atoms with Crippen LogP contribution >= 0.6 is 0 Å². The Bertz CT molecular complexity index is 326. The topological polar surface area (TPSA) is 60.2 Å². The molecule has 1 aromatic rings. The maximum Gasteiger partial charge on any atom is 0.226 e. The highest BCUT2D eigenvalue weighted by Gasteiger charge is 2.16. The number of aromatic nitrogens is 2. The largest absolute Gasteiger partial charge is 0.370 e. The molecular formula is C13H25N3O2. The zero-order valence-corrected chi connectivity index (χ0v) is 11.9. The Morgan fingerprint density at radius 2 is 2.11 bits per heavy atom. The third kappa shape index (κ3) is 5.14. The van der Waals surface area contributed by atoms with Crippen molar-refractivity contribution in [1.82, 2.24) is 15.5 Å². The lowest BCUT2D eigenvalue weighted by molar-refractivity contribution is 0.0518. The van der Waals surface area contributed by atoms with E-state index in [4.69, 9.17) is 9.26 Å². The van der Waals surface area contributed by atoms with E-state index in [0.717, 1.165) is 25.8 Å². The fraction of sp³-hybridized carbons (Fsp3) is 0.846. The van der Waals surface area contributed by atoms with Crippen molar-refractivity contribution in [2.45, 2.75) is 59.1 Å². The molecule has 1 unspecified atom stereocenters. The minimum atomic E-state index is -0.0405. The molecule has 104 valence electrons. The molecule has 0 fully saturated rings. The lowest BCUT2D eigenvalue weighted by Crippen LogP contribution is -2.23. The second kappa shape index (κ2) is 8.21. The summed E-state index contributed by atoms with van der Waals surface area (Å²) < 4.78 is 10.8. The molecule has 0 bridgehead atoms. The van der Waals surface area contributed by atoms with Crippen LogP contribution in [0.25, 0.3) is 0 Å². The Labute approximate surface area is 109 Å². The normalized spacial score (nSPS) is 13.2. The maximum absolute atomic E-state index is 5.55. The van der Waals surface area contributed by atoms with E-state index < -0.39 is 0 Å². The van der Waals surface area contributed by atoms with Crippen molar-refractivity contribution >= 4 is 0 Å². The van der Waals surface area contributed by atoms with Crippen molar-refractivity contribution < 1.29 is 9.26 Å². The van der Waals surface area contributed by atoms with Crippen LogP contribution in [-0.4, -0.2) is 29.3 Å². The van der Waals surface area contributed by atoms with Crippen molar-refractivity contribution in [1.29, 1.82) is 0 Å². The lowest BCUT2D eigenvalue weighted by atomic mass is 10.2. The molecule has 1 heterocycles. The van der Waals surface area contributed by atoms with Crippen molar-refractivity contribution in [2.24, 2.45) is 0 Å². The first kappa shape index (κ1) is 15.1. The van der Waals surface area contributed by atoms with Crippen LogP contribution in [0.1, 0.15) is 58.4 Å². The van der Waals surface area contributed by atoms with Crippen LogP contribution in [-0.2, 0) is 11.2 Å². The van der Waals surface area contributed by atoms with E-state index in [1.165, 1.54) is 0 Å². The van der Waals surface area contributed by atoms with Crippen LogP contribution in [0, 0.1) is 0 Å². The fourth-order valence-electron chi connectivity index (χ4n) is 1.71. The van der Waals surface area contributed by atoms with Crippen LogP contribution in [0.3, 0.4) is 0 Å². The number of ether oxygens (including phenoxy) is 1. The van der Waals surface area contributed by atoms with E-state index in [0.29, 0.717) is 24.4 Å². The zero-order valence-electron chi connectivity index (χ0n) is 11.9. The Morgan fingerprint density at radius 3 is 2.72 bits per heavy atom. The fourth-order valence-corrected chi connectivity index (χ4v) is 1.71. The van der Waals surface area contributed by atoms with Crippen molar-refractivity contribution in [3.05, 3.63) is 11.7 Å². The highest BCUT2D eigenvalue weighted by atomic mass is 16.5. The Hall–Kier alpha value is -0.940. The Balaban J connectivity index is 2.37. The van der Waals surface area contributed by atoms with E-state index in [1.54, 1.807) is 0 Å². The molecule has 0 saturated carbocycles. The van der Waals surface area contributed by atoms with Crippen molar-refractivity contribution in [3.63, 3.8) is 0 Å². The molecule has 0 aliphatic rings. The summed E-state index contributed by atoms with van der Waals surface area (Å²) >= 11 is 0. The quantitative estimate of drug-likeness (QED) is 0.687. The van der Waals surface area contributed by atoms with Gasteiger partial charge in [-0.25, -0.2) is 0 Å². The molecule has 0 saturated heterocycles. The van der Waals surface area contributed by atoms with E-state index in [2.05, 4.69) is 36.2 Å². The van der Waals surface area contributed by atoms with E-state index in [-0.39, 0.29) is 6.10 Å². The number of hydrogen-bond acceptors (Lipinski definition) is 5. The highest BCUT2D eigenvalue weighted by Crippen LogP contribution is 2.17. The smallest absolute Gasteiger partial charge is 0.226 e. The minimum absolute atomic E-state index is 0.0405. The molecular weight excluding hydrogens is 230 g/mol. The average molecular weight is 255 g/mol. The summed E-state index contributed by atoms with van der Waals surface area (Å²) in [6.07, 6.45) is 2.64. The Kier molecular flexibility index (Phi) is 6.90. The van der Waals surface area contributed by atoms with E-state index in [1.807, 2.05) is 6.92 Å². The van der Waals surface area contributed by atoms with Crippen LogP contribution in [0.15, 0.2) is 4.52 Å². The molecule has 1 atom stereocenters. The zero-order chi connectivity index (χ0) is 13.4. The molecule has 0 aliphatic carbocycles. The lowest BCUT2D eigenvalue weighted by Gasteiger charge is -2.09. The summed E-state index contributed by atoms with van der Waals surface area (Å²) in [4.78, 5) is 4.39.